The second-order valence-corrected chi connectivity index (χ2v) is 7.90. The number of hydrogen-bond donors (Lipinski definition) is 3. The lowest BCUT2D eigenvalue weighted by molar-refractivity contribution is -0.157. The molecule has 0 aliphatic carbocycles. The van der Waals surface area contributed by atoms with E-state index >= 15 is 0 Å². The minimum absolute atomic E-state index is 0.425. The van der Waals surface area contributed by atoms with Gasteiger partial charge < -0.3 is 19.9 Å². The van der Waals surface area contributed by atoms with Gasteiger partial charge in [0.25, 0.3) is 0 Å². The predicted molar refractivity (Wildman–Crippen MR) is 86.6 cm³/mol. The topological polar surface area (TPSA) is 114 Å². The maximum absolute atomic E-state index is 12.1. The summed E-state index contributed by atoms with van der Waals surface area (Å²) in [6.45, 7) is 10.4. The minimum atomic E-state index is -1.19. The summed E-state index contributed by atoms with van der Waals surface area (Å²) in [6, 6.07) is -2.35. The predicted octanol–water partition coefficient (Wildman–Crippen LogP) is 1.43. The number of alkyl carbamates (subject to hydrolysis) is 1. The molecule has 1 amide bonds. The Labute approximate surface area is 142 Å². The fourth-order valence-corrected chi connectivity index (χ4v) is 2.36. The van der Waals surface area contributed by atoms with E-state index in [-0.39, 0.29) is 0 Å². The van der Waals surface area contributed by atoms with Gasteiger partial charge in [-0.1, -0.05) is 0 Å². The Morgan fingerprint density at radius 2 is 1.58 bits per heavy atom. The lowest BCUT2D eigenvalue weighted by atomic mass is 10.1. The Hall–Kier alpha value is -1.83. The van der Waals surface area contributed by atoms with E-state index in [0.29, 0.717) is 12.8 Å². The molecule has 1 aliphatic heterocycles. The molecule has 0 aromatic rings. The standard InChI is InChI=1S/C16H28N2O6/c1-15(2,3)23-13(21)10-8-7-9(17-10)11(12(19)20)18-14(22)24-16(4,5)6/h9-11,17H,7-8H2,1-6H3,(H,18,22)(H,19,20)/t9-,10-,11-/m0/s1. The summed E-state index contributed by atoms with van der Waals surface area (Å²) >= 11 is 0. The molecule has 0 saturated carbocycles. The third kappa shape index (κ3) is 6.74. The number of rotatable bonds is 4. The van der Waals surface area contributed by atoms with Crippen molar-refractivity contribution >= 4 is 18.0 Å². The van der Waals surface area contributed by atoms with Crippen molar-refractivity contribution in [2.75, 3.05) is 0 Å². The van der Waals surface area contributed by atoms with Gasteiger partial charge in [0.15, 0.2) is 0 Å². The minimum Gasteiger partial charge on any atom is -0.480 e. The fraction of sp³-hybridized carbons (Fsp3) is 0.812. The van der Waals surface area contributed by atoms with Crippen molar-refractivity contribution in [1.82, 2.24) is 10.6 Å². The zero-order valence-corrected chi connectivity index (χ0v) is 15.1. The number of carboxylic acid groups (broad SMARTS) is 1. The van der Waals surface area contributed by atoms with Crippen molar-refractivity contribution in [2.24, 2.45) is 0 Å². The summed E-state index contributed by atoms with van der Waals surface area (Å²) in [4.78, 5) is 35.3. The average molecular weight is 344 g/mol. The third-order valence-electron chi connectivity index (χ3n) is 3.21. The maximum atomic E-state index is 12.1. The van der Waals surface area contributed by atoms with Crippen LogP contribution in [0.4, 0.5) is 4.79 Å². The fourth-order valence-electron chi connectivity index (χ4n) is 2.36. The highest BCUT2D eigenvalue weighted by Crippen LogP contribution is 2.19. The van der Waals surface area contributed by atoms with E-state index in [9.17, 15) is 19.5 Å². The molecule has 1 rings (SSSR count). The molecule has 1 heterocycles. The van der Waals surface area contributed by atoms with Gasteiger partial charge in [-0.15, -0.1) is 0 Å². The highest BCUT2D eigenvalue weighted by molar-refractivity contribution is 5.82. The summed E-state index contributed by atoms with van der Waals surface area (Å²) in [5.74, 6) is -1.62. The van der Waals surface area contributed by atoms with Gasteiger partial charge in [0.2, 0.25) is 0 Å². The normalized spacial score (nSPS) is 22.6. The van der Waals surface area contributed by atoms with Crippen molar-refractivity contribution in [3.8, 4) is 0 Å². The first-order valence-corrected chi connectivity index (χ1v) is 8.00. The van der Waals surface area contributed by atoms with Crippen molar-refractivity contribution in [3.63, 3.8) is 0 Å². The van der Waals surface area contributed by atoms with Gasteiger partial charge in [0, 0.05) is 6.04 Å². The summed E-state index contributed by atoms with van der Waals surface area (Å²) in [6.07, 6.45) is 0.0631. The third-order valence-corrected chi connectivity index (χ3v) is 3.21. The first-order valence-electron chi connectivity index (χ1n) is 8.00. The van der Waals surface area contributed by atoms with Crippen LogP contribution in [0, 0.1) is 0 Å². The molecule has 0 bridgehead atoms. The van der Waals surface area contributed by atoms with E-state index in [1.807, 2.05) is 0 Å². The summed E-state index contributed by atoms with van der Waals surface area (Å²) in [7, 11) is 0. The zero-order valence-electron chi connectivity index (χ0n) is 15.1. The van der Waals surface area contributed by atoms with Gasteiger partial charge in [-0.25, -0.2) is 9.59 Å². The molecule has 1 saturated heterocycles. The Balaban J connectivity index is 2.67. The number of amides is 1. The van der Waals surface area contributed by atoms with Crippen LogP contribution in [0.3, 0.4) is 0 Å². The van der Waals surface area contributed by atoms with Gasteiger partial charge >= 0.3 is 18.0 Å². The Morgan fingerprint density at radius 1 is 1.04 bits per heavy atom. The molecule has 24 heavy (non-hydrogen) atoms. The Bertz CT molecular complexity index is 492. The molecule has 0 spiro atoms. The van der Waals surface area contributed by atoms with Gasteiger partial charge in [0.05, 0.1) is 0 Å². The monoisotopic (exact) mass is 344 g/mol. The summed E-state index contributed by atoms with van der Waals surface area (Å²) in [5, 5.41) is 14.7. The molecule has 138 valence electrons. The van der Waals surface area contributed by atoms with Gasteiger partial charge in [-0.3, -0.25) is 10.1 Å². The van der Waals surface area contributed by atoms with Crippen LogP contribution in [0.5, 0.6) is 0 Å². The van der Waals surface area contributed by atoms with E-state index in [4.69, 9.17) is 9.47 Å². The van der Waals surface area contributed by atoms with Gasteiger partial charge in [0.1, 0.15) is 23.3 Å². The van der Waals surface area contributed by atoms with Crippen molar-refractivity contribution in [1.29, 1.82) is 0 Å². The second-order valence-electron chi connectivity index (χ2n) is 7.90. The number of carbonyl (C=O) groups is 3. The molecular formula is C16H28N2O6. The lowest BCUT2D eigenvalue weighted by Crippen LogP contribution is -2.55. The van der Waals surface area contributed by atoms with Crippen LogP contribution in [-0.4, -0.2) is 52.5 Å². The molecule has 8 heteroatoms. The van der Waals surface area contributed by atoms with Crippen LogP contribution in [0.15, 0.2) is 0 Å². The first kappa shape index (κ1) is 20.2. The molecule has 3 N–H and O–H groups in total. The molecule has 0 radical (unpaired) electrons. The van der Waals surface area contributed by atoms with Crippen LogP contribution in [0.1, 0.15) is 54.4 Å². The number of nitrogens with one attached hydrogen (secondary N) is 2. The molecule has 0 aromatic heterocycles. The number of esters is 1. The van der Waals surface area contributed by atoms with Crippen LogP contribution in [0.25, 0.3) is 0 Å². The van der Waals surface area contributed by atoms with Gasteiger partial charge in [-0.2, -0.15) is 0 Å². The molecule has 0 aromatic carbocycles. The molecular weight excluding hydrogens is 316 g/mol. The number of hydrogen-bond acceptors (Lipinski definition) is 6. The highest BCUT2D eigenvalue weighted by Gasteiger charge is 2.40. The quantitative estimate of drug-likeness (QED) is 0.661. The van der Waals surface area contributed by atoms with Crippen LogP contribution in [0.2, 0.25) is 0 Å². The molecule has 0 unspecified atom stereocenters. The van der Waals surface area contributed by atoms with E-state index in [1.165, 1.54) is 0 Å². The van der Waals surface area contributed by atoms with Crippen LogP contribution in [-0.2, 0) is 19.1 Å². The highest BCUT2D eigenvalue weighted by atomic mass is 16.6. The van der Waals surface area contributed by atoms with Crippen LogP contribution >= 0.6 is 0 Å². The van der Waals surface area contributed by atoms with Crippen molar-refractivity contribution in [3.05, 3.63) is 0 Å². The summed E-state index contributed by atoms with van der Waals surface area (Å²) < 4.78 is 10.4. The first-order chi connectivity index (χ1) is 10.8. The number of carbonyl (C=O) groups excluding carboxylic acids is 2. The number of carboxylic acids is 1. The van der Waals surface area contributed by atoms with Crippen molar-refractivity contribution in [2.45, 2.75) is 83.7 Å². The largest absolute Gasteiger partial charge is 0.480 e. The number of aliphatic carboxylic acids is 1. The van der Waals surface area contributed by atoms with E-state index < -0.39 is 47.4 Å². The van der Waals surface area contributed by atoms with Gasteiger partial charge in [-0.05, 0) is 54.4 Å². The smallest absolute Gasteiger partial charge is 0.408 e. The zero-order chi connectivity index (χ0) is 18.7. The van der Waals surface area contributed by atoms with Crippen molar-refractivity contribution < 1.29 is 29.0 Å². The molecule has 1 aliphatic rings. The summed E-state index contributed by atoms with van der Waals surface area (Å²) in [5.41, 5.74) is -1.34. The van der Waals surface area contributed by atoms with E-state index in [0.717, 1.165) is 0 Å². The second kappa shape index (κ2) is 7.38. The molecule has 1 fully saturated rings. The number of ether oxygens (including phenoxy) is 2. The SMILES string of the molecule is CC(C)(C)OC(=O)N[C@H](C(=O)O)[C@@H]1CC[C@@H](C(=O)OC(C)(C)C)N1. The Morgan fingerprint density at radius 3 is 2.04 bits per heavy atom. The van der Waals surface area contributed by atoms with Crippen LogP contribution < -0.4 is 10.6 Å². The Kier molecular flexibility index (Phi) is 6.21. The maximum Gasteiger partial charge on any atom is 0.408 e. The van der Waals surface area contributed by atoms with E-state index in [2.05, 4.69) is 10.6 Å². The lowest BCUT2D eigenvalue weighted by Gasteiger charge is -2.26. The average Bonchev–Trinajstić information content (AvgIpc) is 2.80. The molecule has 3 atom stereocenters. The van der Waals surface area contributed by atoms with E-state index in [1.54, 1.807) is 41.5 Å². The molecule has 8 nitrogen and oxygen atoms in total.